The van der Waals surface area contributed by atoms with Crippen molar-refractivity contribution in [3.05, 3.63) is 93.9 Å². The zero-order valence-corrected chi connectivity index (χ0v) is 20.2. The number of halogens is 1. The Morgan fingerprint density at radius 1 is 0.971 bits per heavy atom. The van der Waals surface area contributed by atoms with Gasteiger partial charge in [-0.25, -0.2) is 0 Å². The van der Waals surface area contributed by atoms with E-state index in [0.717, 1.165) is 22.2 Å². The van der Waals surface area contributed by atoms with Gasteiger partial charge in [-0.3, -0.25) is 14.5 Å². The molecular weight excluding hydrogens is 498 g/mol. The fraction of sp³-hybridized carbons (Fsp3) is 0.0833. The Morgan fingerprint density at radius 2 is 1.68 bits per heavy atom. The highest BCUT2D eigenvalue weighted by molar-refractivity contribution is 8.18. The number of methoxy groups -OCH3 is 1. The molecule has 174 valence electrons. The average molecular weight is 516 g/mol. The fourth-order valence-corrected chi connectivity index (χ4v) is 5.13. The van der Waals surface area contributed by atoms with Gasteiger partial charge in [0.1, 0.15) is 4.90 Å². The van der Waals surface area contributed by atoms with Crippen LogP contribution < -0.4 is 8.92 Å². The molecular formula is C24H18ClNO6S2. The summed E-state index contributed by atoms with van der Waals surface area (Å²) in [6, 6.07) is 19.2. The number of hydrogen-bond donors (Lipinski definition) is 0. The first-order chi connectivity index (χ1) is 16.3. The van der Waals surface area contributed by atoms with Crippen LogP contribution in [-0.2, 0) is 21.5 Å². The van der Waals surface area contributed by atoms with Gasteiger partial charge in [0, 0.05) is 10.6 Å². The molecule has 1 heterocycles. The molecule has 1 aliphatic rings. The summed E-state index contributed by atoms with van der Waals surface area (Å²) in [5, 5.41) is 0.113. The fourth-order valence-electron chi connectivity index (χ4n) is 3.19. The van der Waals surface area contributed by atoms with Crippen molar-refractivity contribution in [2.45, 2.75) is 11.4 Å². The van der Waals surface area contributed by atoms with E-state index < -0.39 is 21.3 Å². The van der Waals surface area contributed by atoms with Crippen LogP contribution >= 0.6 is 23.4 Å². The first-order valence-electron chi connectivity index (χ1n) is 9.95. The van der Waals surface area contributed by atoms with Crippen molar-refractivity contribution in [3.63, 3.8) is 0 Å². The summed E-state index contributed by atoms with van der Waals surface area (Å²) in [6.45, 7) is 0.0863. The van der Waals surface area contributed by atoms with E-state index in [9.17, 15) is 18.0 Å². The van der Waals surface area contributed by atoms with Crippen molar-refractivity contribution in [2.75, 3.05) is 7.11 Å². The minimum Gasteiger partial charge on any atom is -0.493 e. The summed E-state index contributed by atoms with van der Waals surface area (Å²) >= 11 is 6.66. The number of benzene rings is 3. The molecule has 10 heteroatoms. The second-order valence-electron chi connectivity index (χ2n) is 7.12. The van der Waals surface area contributed by atoms with Gasteiger partial charge in [0.05, 0.1) is 18.6 Å². The lowest BCUT2D eigenvalue weighted by Crippen LogP contribution is -2.27. The molecule has 0 unspecified atom stereocenters. The van der Waals surface area contributed by atoms with Crippen molar-refractivity contribution < 1.29 is 26.9 Å². The number of ether oxygens (including phenoxy) is 1. The topological polar surface area (TPSA) is 90.0 Å². The molecule has 0 bridgehead atoms. The van der Waals surface area contributed by atoms with Crippen LogP contribution in [0, 0.1) is 0 Å². The molecule has 1 saturated heterocycles. The zero-order valence-electron chi connectivity index (χ0n) is 17.8. The Labute approximate surface area is 206 Å². The monoisotopic (exact) mass is 515 g/mol. The summed E-state index contributed by atoms with van der Waals surface area (Å²) in [5.74, 6) is -0.420. The summed E-state index contributed by atoms with van der Waals surface area (Å²) in [6.07, 6.45) is 1.42. The lowest BCUT2D eigenvalue weighted by molar-refractivity contribution is -0.123. The SMILES string of the molecule is COc1cccc(/C=C2\SC(=O)N(Cc3ccc(Cl)cc3)C2=O)c1OS(=O)(=O)c1ccccc1. The number of amides is 2. The molecule has 34 heavy (non-hydrogen) atoms. The Bertz CT molecular complexity index is 1370. The highest BCUT2D eigenvalue weighted by Gasteiger charge is 2.35. The Kier molecular flexibility index (Phi) is 6.97. The Hall–Kier alpha value is -3.27. The summed E-state index contributed by atoms with van der Waals surface area (Å²) in [7, 11) is -2.79. The molecule has 3 aromatic carbocycles. The van der Waals surface area contributed by atoms with E-state index >= 15 is 0 Å². The standard InChI is InChI=1S/C24H18ClNO6S2/c1-31-20-9-5-6-17(22(20)32-34(29,30)19-7-3-2-4-8-19)14-21-23(27)26(24(28)33-21)15-16-10-12-18(25)13-11-16/h2-14H,15H2,1H3/b21-14-. The van der Waals surface area contributed by atoms with Crippen molar-refractivity contribution >= 4 is 50.7 Å². The number of nitrogens with zero attached hydrogens (tertiary/aromatic N) is 1. The maximum absolute atomic E-state index is 13.0. The van der Waals surface area contributed by atoms with Gasteiger partial charge >= 0.3 is 10.1 Å². The second kappa shape index (κ2) is 9.92. The first-order valence-corrected chi connectivity index (χ1v) is 12.5. The lowest BCUT2D eigenvalue weighted by atomic mass is 10.1. The van der Waals surface area contributed by atoms with Crippen LogP contribution in [0.25, 0.3) is 6.08 Å². The molecule has 0 saturated carbocycles. The molecule has 0 N–H and O–H groups in total. The predicted molar refractivity (Wildman–Crippen MR) is 130 cm³/mol. The van der Waals surface area contributed by atoms with Gasteiger partial charge in [0.2, 0.25) is 0 Å². The number of imide groups is 1. The zero-order chi connectivity index (χ0) is 24.3. The molecule has 4 rings (SSSR count). The van der Waals surface area contributed by atoms with Gasteiger partial charge in [-0.2, -0.15) is 8.42 Å². The normalized spacial score (nSPS) is 15.1. The van der Waals surface area contributed by atoms with E-state index in [-0.39, 0.29) is 33.4 Å². The average Bonchev–Trinajstić information content (AvgIpc) is 3.09. The van der Waals surface area contributed by atoms with E-state index in [1.54, 1.807) is 60.7 Å². The molecule has 0 radical (unpaired) electrons. The van der Waals surface area contributed by atoms with Gasteiger partial charge in [-0.15, -0.1) is 0 Å². The molecule has 7 nitrogen and oxygen atoms in total. The molecule has 1 aliphatic heterocycles. The quantitative estimate of drug-likeness (QED) is 0.309. The van der Waals surface area contributed by atoms with Crippen LogP contribution in [0.5, 0.6) is 11.5 Å². The predicted octanol–water partition coefficient (Wildman–Crippen LogP) is 5.35. The molecule has 2 amide bonds. The van der Waals surface area contributed by atoms with Crippen molar-refractivity contribution in [3.8, 4) is 11.5 Å². The number of para-hydroxylation sites is 1. The van der Waals surface area contributed by atoms with Gasteiger partial charge in [-0.1, -0.05) is 54.1 Å². The minimum absolute atomic E-state index is 0.0323. The Balaban J connectivity index is 1.66. The van der Waals surface area contributed by atoms with E-state index in [4.69, 9.17) is 20.5 Å². The van der Waals surface area contributed by atoms with Crippen LogP contribution in [0.3, 0.4) is 0 Å². The van der Waals surface area contributed by atoms with Crippen molar-refractivity contribution in [1.29, 1.82) is 0 Å². The molecule has 0 aliphatic carbocycles. The summed E-state index contributed by atoms with van der Waals surface area (Å²) in [4.78, 5) is 26.7. The number of thioether (sulfide) groups is 1. The summed E-state index contributed by atoms with van der Waals surface area (Å²) in [5.41, 5.74) is 1.02. The highest BCUT2D eigenvalue weighted by atomic mass is 35.5. The van der Waals surface area contributed by atoms with E-state index in [2.05, 4.69) is 0 Å². The summed E-state index contributed by atoms with van der Waals surface area (Å²) < 4.78 is 36.3. The van der Waals surface area contributed by atoms with E-state index in [1.165, 1.54) is 25.3 Å². The number of carbonyl (C=O) groups excluding carboxylic acids is 2. The molecule has 3 aromatic rings. The molecule has 1 fully saturated rings. The van der Waals surface area contributed by atoms with Crippen LogP contribution in [0.1, 0.15) is 11.1 Å². The van der Waals surface area contributed by atoms with Gasteiger partial charge in [0.25, 0.3) is 11.1 Å². The van der Waals surface area contributed by atoms with Crippen molar-refractivity contribution in [1.82, 2.24) is 4.90 Å². The van der Waals surface area contributed by atoms with Gasteiger partial charge in [0.15, 0.2) is 11.5 Å². The molecule has 0 atom stereocenters. The van der Waals surface area contributed by atoms with Crippen LogP contribution in [-0.4, -0.2) is 31.6 Å². The van der Waals surface area contributed by atoms with E-state index in [0.29, 0.717) is 5.02 Å². The van der Waals surface area contributed by atoms with Crippen LogP contribution in [0.4, 0.5) is 4.79 Å². The van der Waals surface area contributed by atoms with Crippen molar-refractivity contribution in [2.24, 2.45) is 0 Å². The highest BCUT2D eigenvalue weighted by Crippen LogP contribution is 2.39. The lowest BCUT2D eigenvalue weighted by Gasteiger charge is -2.14. The number of carbonyl (C=O) groups is 2. The second-order valence-corrected chi connectivity index (χ2v) is 10.1. The molecule has 0 spiro atoms. The smallest absolute Gasteiger partial charge is 0.339 e. The van der Waals surface area contributed by atoms with Gasteiger partial charge in [-0.05, 0) is 53.7 Å². The molecule has 0 aromatic heterocycles. The first kappa shape index (κ1) is 23.9. The largest absolute Gasteiger partial charge is 0.493 e. The maximum atomic E-state index is 13.0. The van der Waals surface area contributed by atoms with Crippen LogP contribution in [0.15, 0.2) is 82.6 Å². The van der Waals surface area contributed by atoms with Crippen LogP contribution in [0.2, 0.25) is 5.02 Å². The number of hydrogen-bond acceptors (Lipinski definition) is 7. The number of rotatable bonds is 7. The maximum Gasteiger partial charge on any atom is 0.339 e. The third kappa shape index (κ3) is 5.11. The third-order valence-electron chi connectivity index (χ3n) is 4.87. The van der Waals surface area contributed by atoms with Gasteiger partial charge < -0.3 is 8.92 Å². The minimum atomic E-state index is -4.17. The van der Waals surface area contributed by atoms with E-state index in [1.807, 2.05) is 0 Å². The Morgan fingerprint density at radius 3 is 2.35 bits per heavy atom. The third-order valence-corrected chi connectivity index (χ3v) is 7.26.